The molecule has 1 amide bonds. The van der Waals surface area contributed by atoms with Gasteiger partial charge in [0.1, 0.15) is 0 Å². The summed E-state index contributed by atoms with van der Waals surface area (Å²) in [5.74, 6) is -0.216. The molecule has 0 unspecified atom stereocenters. The van der Waals surface area contributed by atoms with Crippen LogP contribution in [0.5, 0.6) is 0 Å². The van der Waals surface area contributed by atoms with Crippen molar-refractivity contribution in [3.63, 3.8) is 0 Å². The number of hydrogen-bond acceptors (Lipinski definition) is 5. The van der Waals surface area contributed by atoms with E-state index in [0.717, 1.165) is 33.6 Å². The normalized spacial score (nSPS) is 11.1. The topological polar surface area (TPSA) is 72.7 Å². The number of anilines is 1. The van der Waals surface area contributed by atoms with Gasteiger partial charge in [0.2, 0.25) is 0 Å². The van der Waals surface area contributed by atoms with Crippen LogP contribution in [0.2, 0.25) is 0 Å². The molecule has 0 atom stereocenters. The minimum absolute atomic E-state index is 0.216. The predicted molar refractivity (Wildman–Crippen MR) is 128 cm³/mol. The largest absolute Gasteiger partial charge is 0.298 e. The van der Waals surface area contributed by atoms with Crippen molar-refractivity contribution in [2.75, 3.05) is 5.32 Å². The Hall–Kier alpha value is -3.84. The highest BCUT2D eigenvalue weighted by molar-refractivity contribution is 7.15. The molecular formula is C25H21N5OS. The standard InChI is InChI=1S/C25H21N5OS/c1-16-22-20(14-21(18-11-7-4-8-12-18)27-23(22)30(2)29-16)24(31)28-25-26-15-19(32-25)13-17-9-5-3-6-10-17/h3-12,14-15H,13H2,1-2H3,(H,26,28,31). The predicted octanol–water partition coefficient (Wildman–Crippen LogP) is 5.24. The molecule has 0 fully saturated rings. The Bertz CT molecular complexity index is 1410. The summed E-state index contributed by atoms with van der Waals surface area (Å²) in [7, 11) is 1.84. The molecule has 32 heavy (non-hydrogen) atoms. The summed E-state index contributed by atoms with van der Waals surface area (Å²) in [6.07, 6.45) is 2.61. The van der Waals surface area contributed by atoms with Gasteiger partial charge in [0, 0.05) is 30.1 Å². The molecule has 0 aliphatic rings. The number of aryl methyl sites for hydroxylation is 2. The average molecular weight is 440 g/mol. The Balaban J connectivity index is 1.48. The van der Waals surface area contributed by atoms with Crippen LogP contribution < -0.4 is 5.32 Å². The summed E-state index contributed by atoms with van der Waals surface area (Å²) >= 11 is 1.49. The van der Waals surface area contributed by atoms with Crippen LogP contribution in [0.15, 0.2) is 72.9 Å². The molecule has 6 nitrogen and oxygen atoms in total. The van der Waals surface area contributed by atoms with Crippen LogP contribution in [0.25, 0.3) is 22.3 Å². The molecule has 0 aliphatic heterocycles. The number of thiazole rings is 1. The number of carbonyl (C=O) groups is 1. The summed E-state index contributed by atoms with van der Waals surface area (Å²) in [6.45, 7) is 1.89. The van der Waals surface area contributed by atoms with Gasteiger partial charge in [-0.25, -0.2) is 9.97 Å². The van der Waals surface area contributed by atoms with Crippen molar-refractivity contribution in [3.8, 4) is 11.3 Å². The first kappa shape index (κ1) is 20.1. The maximum Gasteiger partial charge on any atom is 0.258 e. The minimum atomic E-state index is -0.216. The third-order valence-electron chi connectivity index (χ3n) is 5.28. The number of nitrogens with zero attached hydrogens (tertiary/aromatic N) is 4. The first-order valence-electron chi connectivity index (χ1n) is 10.3. The van der Waals surface area contributed by atoms with Crippen molar-refractivity contribution in [2.45, 2.75) is 13.3 Å². The van der Waals surface area contributed by atoms with Crippen molar-refractivity contribution in [1.29, 1.82) is 0 Å². The van der Waals surface area contributed by atoms with Crippen molar-refractivity contribution in [3.05, 3.63) is 94.6 Å². The maximum absolute atomic E-state index is 13.3. The van der Waals surface area contributed by atoms with E-state index in [4.69, 9.17) is 4.98 Å². The van der Waals surface area contributed by atoms with E-state index in [-0.39, 0.29) is 5.91 Å². The quantitative estimate of drug-likeness (QED) is 0.406. The van der Waals surface area contributed by atoms with Gasteiger partial charge in [-0.2, -0.15) is 5.10 Å². The second kappa shape index (κ2) is 8.36. The van der Waals surface area contributed by atoms with Crippen LogP contribution in [0, 0.1) is 6.92 Å². The molecule has 0 bridgehead atoms. The van der Waals surface area contributed by atoms with Gasteiger partial charge in [-0.05, 0) is 18.6 Å². The zero-order valence-corrected chi connectivity index (χ0v) is 18.6. The number of amides is 1. The SMILES string of the molecule is Cc1nn(C)c2nc(-c3ccccc3)cc(C(=O)Nc3ncc(Cc4ccccc4)s3)c12. The van der Waals surface area contributed by atoms with E-state index in [1.165, 1.54) is 16.9 Å². The molecule has 0 aliphatic carbocycles. The Morgan fingerprint density at radius 2 is 1.78 bits per heavy atom. The Kier molecular flexibility index (Phi) is 5.25. The van der Waals surface area contributed by atoms with Gasteiger partial charge in [0.15, 0.2) is 10.8 Å². The van der Waals surface area contributed by atoms with E-state index in [1.807, 2.05) is 74.8 Å². The lowest BCUT2D eigenvalue weighted by Crippen LogP contribution is -2.13. The lowest BCUT2D eigenvalue weighted by Gasteiger charge is -2.08. The molecule has 0 spiro atoms. The number of benzene rings is 2. The number of carbonyl (C=O) groups excluding carboxylic acids is 1. The van der Waals surface area contributed by atoms with Crippen LogP contribution in [0.1, 0.15) is 26.5 Å². The molecule has 1 N–H and O–H groups in total. The molecule has 5 rings (SSSR count). The van der Waals surface area contributed by atoms with Gasteiger partial charge in [-0.1, -0.05) is 60.7 Å². The maximum atomic E-state index is 13.3. The first-order valence-corrected chi connectivity index (χ1v) is 11.1. The smallest absolute Gasteiger partial charge is 0.258 e. The molecule has 0 saturated carbocycles. The molecule has 7 heteroatoms. The van der Waals surface area contributed by atoms with Gasteiger partial charge in [0.25, 0.3) is 5.91 Å². The summed E-state index contributed by atoms with van der Waals surface area (Å²) in [6, 6.07) is 21.9. The molecule has 3 heterocycles. The third-order valence-corrected chi connectivity index (χ3v) is 6.19. The molecule has 158 valence electrons. The summed E-state index contributed by atoms with van der Waals surface area (Å²) in [5.41, 5.74) is 4.88. The highest BCUT2D eigenvalue weighted by Crippen LogP contribution is 2.28. The minimum Gasteiger partial charge on any atom is -0.298 e. The zero-order valence-electron chi connectivity index (χ0n) is 17.7. The molecule has 3 aromatic heterocycles. The third kappa shape index (κ3) is 3.90. The van der Waals surface area contributed by atoms with Crippen molar-refractivity contribution in [1.82, 2.24) is 19.7 Å². The van der Waals surface area contributed by atoms with Gasteiger partial charge in [0.05, 0.1) is 22.3 Å². The van der Waals surface area contributed by atoms with Crippen LogP contribution in [-0.2, 0) is 13.5 Å². The number of pyridine rings is 1. The number of aromatic nitrogens is 4. The van der Waals surface area contributed by atoms with Gasteiger partial charge in [-0.15, -0.1) is 11.3 Å². The highest BCUT2D eigenvalue weighted by atomic mass is 32.1. The van der Waals surface area contributed by atoms with Gasteiger partial charge >= 0.3 is 0 Å². The molecule has 0 radical (unpaired) electrons. The second-order valence-electron chi connectivity index (χ2n) is 7.58. The second-order valence-corrected chi connectivity index (χ2v) is 8.69. The first-order chi connectivity index (χ1) is 15.6. The van der Waals surface area contributed by atoms with Crippen LogP contribution in [-0.4, -0.2) is 25.7 Å². The number of rotatable bonds is 5. The molecule has 2 aromatic carbocycles. The van der Waals surface area contributed by atoms with E-state index < -0.39 is 0 Å². The van der Waals surface area contributed by atoms with E-state index >= 15 is 0 Å². The van der Waals surface area contributed by atoms with E-state index in [0.29, 0.717) is 16.3 Å². The average Bonchev–Trinajstić information content (AvgIpc) is 3.37. The molecule has 5 aromatic rings. The van der Waals surface area contributed by atoms with Gasteiger partial charge in [-0.3, -0.25) is 14.8 Å². The Morgan fingerprint density at radius 3 is 2.53 bits per heavy atom. The van der Waals surface area contributed by atoms with Crippen molar-refractivity contribution >= 4 is 33.4 Å². The number of fused-ring (bicyclic) bond motifs is 1. The van der Waals surface area contributed by atoms with E-state index in [1.54, 1.807) is 4.68 Å². The summed E-state index contributed by atoms with van der Waals surface area (Å²) < 4.78 is 1.72. The van der Waals surface area contributed by atoms with Crippen LogP contribution in [0.4, 0.5) is 5.13 Å². The van der Waals surface area contributed by atoms with Crippen molar-refractivity contribution in [2.24, 2.45) is 7.05 Å². The monoisotopic (exact) mass is 439 g/mol. The highest BCUT2D eigenvalue weighted by Gasteiger charge is 2.20. The van der Waals surface area contributed by atoms with Gasteiger partial charge < -0.3 is 0 Å². The lowest BCUT2D eigenvalue weighted by atomic mass is 10.1. The Labute approximate surface area is 189 Å². The summed E-state index contributed by atoms with van der Waals surface area (Å²) in [5, 5.41) is 8.80. The fraction of sp³-hybridized carbons (Fsp3) is 0.120. The van der Waals surface area contributed by atoms with Crippen LogP contribution in [0.3, 0.4) is 0 Å². The number of hydrogen-bond donors (Lipinski definition) is 1. The van der Waals surface area contributed by atoms with Crippen molar-refractivity contribution < 1.29 is 4.79 Å². The van der Waals surface area contributed by atoms with Crippen LogP contribution >= 0.6 is 11.3 Å². The van der Waals surface area contributed by atoms with E-state index in [2.05, 4.69) is 27.5 Å². The summed E-state index contributed by atoms with van der Waals surface area (Å²) in [4.78, 5) is 23.6. The fourth-order valence-electron chi connectivity index (χ4n) is 3.79. The molecule has 0 saturated heterocycles. The zero-order chi connectivity index (χ0) is 22.1. The number of nitrogens with one attached hydrogen (secondary N) is 1. The Morgan fingerprint density at radius 1 is 1.06 bits per heavy atom. The lowest BCUT2D eigenvalue weighted by molar-refractivity contribution is 0.102. The van der Waals surface area contributed by atoms with E-state index in [9.17, 15) is 4.79 Å². The molecular weight excluding hydrogens is 418 g/mol. The fourth-order valence-corrected chi connectivity index (χ4v) is 4.63.